The maximum Gasteiger partial charge on any atom is 0.358 e. The lowest BCUT2D eigenvalue weighted by Gasteiger charge is -2.25. The number of hydrogen-bond acceptors (Lipinski definition) is 7. The number of Topliss-reactive ketones (excluding diaryl/α,β-unsaturated/α-hetero) is 1. The van der Waals surface area contributed by atoms with E-state index in [2.05, 4.69) is 16.9 Å². The molecule has 1 atom stereocenters. The molecule has 1 fully saturated rings. The molecule has 1 aromatic heterocycles. The molecule has 6 nitrogen and oxygen atoms in total. The van der Waals surface area contributed by atoms with Crippen LogP contribution in [0.15, 0.2) is 0 Å². The second-order valence-electron chi connectivity index (χ2n) is 5.38. The first kappa shape index (κ1) is 15.9. The van der Waals surface area contributed by atoms with Gasteiger partial charge < -0.3 is 14.5 Å². The van der Waals surface area contributed by atoms with Crippen molar-refractivity contribution in [1.29, 1.82) is 0 Å². The Bertz CT molecular complexity index is 544. The maximum atomic E-state index is 11.7. The van der Waals surface area contributed by atoms with Gasteiger partial charge in [0.25, 0.3) is 0 Å². The molecule has 116 valence electrons. The minimum atomic E-state index is -0.561. The van der Waals surface area contributed by atoms with Gasteiger partial charge in [-0.05, 0) is 26.4 Å². The van der Waals surface area contributed by atoms with E-state index in [1.165, 1.54) is 31.8 Å². The molecule has 21 heavy (non-hydrogen) atoms. The number of nitrogens with zero attached hydrogens (tertiary/aromatic N) is 3. The van der Waals surface area contributed by atoms with Gasteiger partial charge in [0.15, 0.2) is 16.6 Å². The standard InChI is InChI=1S/C14H21N3O3S/c1-9(18)12-11(13(19)20-4)15-14(21-12)17(3)8-10-6-5-7-16(10)2/h10H,5-8H2,1-4H3. The Balaban J connectivity index is 2.19. The summed E-state index contributed by atoms with van der Waals surface area (Å²) in [4.78, 5) is 32.4. The van der Waals surface area contributed by atoms with Crippen LogP contribution in [0.3, 0.4) is 0 Å². The smallest absolute Gasteiger partial charge is 0.358 e. The Morgan fingerprint density at radius 1 is 1.52 bits per heavy atom. The lowest BCUT2D eigenvalue weighted by molar-refractivity contribution is 0.0591. The van der Waals surface area contributed by atoms with Crippen molar-refractivity contribution in [2.45, 2.75) is 25.8 Å². The molecule has 1 unspecified atom stereocenters. The molecular formula is C14H21N3O3S. The number of likely N-dealkylation sites (N-methyl/N-ethyl adjacent to an activating group) is 2. The van der Waals surface area contributed by atoms with Crippen LogP contribution in [0, 0.1) is 0 Å². The van der Waals surface area contributed by atoms with Gasteiger partial charge in [-0.3, -0.25) is 4.79 Å². The van der Waals surface area contributed by atoms with Crippen molar-refractivity contribution in [2.24, 2.45) is 0 Å². The van der Waals surface area contributed by atoms with E-state index in [0.29, 0.717) is 16.1 Å². The number of esters is 1. The molecule has 0 radical (unpaired) electrons. The number of thiazole rings is 1. The number of likely N-dealkylation sites (tertiary alicyclic amines) is 1. The summed E-state index contributed by atoms with van der Waals surface area (Å²) in [6.45, 7) is 3.39. The molecule has 1 aliphatic heterocycles. The Morgan fingerprint density at radius 3 is 2.76 bits per heavy atom. The molecule has 0 amide bonds. The van der Waals surface area contributed by atoms with Crippen LogP contribution in [0.1, 0.15) is 39.9 Å². The molecule has 1 aliphatic rings. The van der Waals surface area contributed by atoms with E-state index in [0.717, 1.165) is 19.5 Å². The van der Waals surface area contributed by atoms with E-state index in [4.69, 9.17) is 4.74 Å². The SMILES string of the molecule is COC(=O)c1nc(N(C)CC2CCCN2C)sc1C(C)=O. The largest absolute Gasteiger partial charge is 0.464 e. The highest BCUT2D eigenvalue weighted by Gasteiger charge is 2.26. The molecule has 2 rings (SSSR count). The van der Waals surface area contributed by atoms with Crippen LogP contribution >= 0.6 is 11.3 Å². The average Bonchev–Trinajstić information content (AvgIpc) is 3.05. The summed E-state index contributed by atoms with van der Waals surface area (Å²) in [5, 5.41) is 0.681. The zero-order valence-corrected chi connectivity index (χ0v) is 13.7. The lowest BCUT2D eigenvalue weighted by atomic mass is 10.2. The van der Waals surface area contributed by atoms with Crippen molar-refractivity contribution in [3.8, 4) is 0 Å². The third-order valence-corrected chi connectivity index (χ3v) is 5.07. The van der Waals surface area contributed by atoms with E-state index < -0.39 is 5.97 Å². The monoisotopic (exact) mass is 311 g/mol. The number of ether oxygens (including phenoxy) is 1. The number of rotatable bonds is 5. The van der Waals surface area contributed by atoms with Gasteiger partial charge in [0, 0.05) is 26.6 Å². The number of aromatic nitrogens is 1. The molecule has 0 spiro atoms. The molecule has 0 saturated carbocycles. The van der Waals surface area contributed by atoms with Gasteiger partial charge in [0.2, 0.25) is 0 Å². The molecule has 1 saturated heterocycles. The van der Waals surface area contributed by atoms with E-state index in [1.807, 2.05) is 11.9 Å². The third-order valence-electron chi connectivity index (χ3n) is 3.80. The molecule has 0 aromatic carbocycles. The summed E-state index contributed by atoms with van der Waals surface area (Å²) < 4.78 is 4.70. The summed E-state index contributed by atoms with van der Waals surface area (Å²) in [5.74, 6) is -0.723. The highest BCUT2D eigenvalue weighted by Crippen LogP contribution is 2.28. The van der Waals surface area contributed by atoms with Gasteiger partial charge in [-0.2, -0.15) is 0 Å². The van der Waals surface area contributed by atoms with Crippen molar-refractivity contribution in [3.63, 3.8) is 0 Å². The Morgan fingerprint density at radius 2 is 2.24 bits per heavy atom. The van der Waals surface area contributed by atoms with Crippen LogP contribution in [-0.2, 0) is 4.74 Å². The predicted molar refractivity (Wildman–Crippen MR) is 82.4 cm³/mol. The van der Waals surface area contributed by atoms with E-state index in [1.54, 1.807) is 0 Å². The van der Waals surface area contributed by atoms with Crippen molar-refractivity contribution in [2.75, 3.05) is 39.2 Å². The van der Waals surface area contributed by atoms with Gasteiger partial charge in [0.05, 0.1) is 7.11 Å². The molecule has 0 aliphatic carbocycles. The van der Waals surface area contributed by atoms with E-state index in [9.17, 15) is 9.59 Å². The van der Waals surface area contributed by atoms with Gasteiger partial charge >= 0.3 is 5.97 Å². The average molecular weight is 311 g/mol. The van der Waals surface area contributed by atoms with Gasteiger partial charge in [-0.15, -0.1) is 0 Å². The number of carbonyl (C=O) groups excluding carboxylic acids is 2. The van der Waals surface area contributed by atoms with Crippen LogP contribution in [-0.4, -0.2) is 62.0 Å². The minimum Gasteiger partial charge on any atom is -0.464 e. The number of methoxy groups -OCH3 is 1. The molecular weight excluding hydrogens is 290 g/mol. The summed E-state index contributed by atoms with van der Waals surface area (Å²) in [7, 11) is 5.35. The highest BCUT2D eigenvalue weighted by atomic mass is 32.1. The first-order valence-corrected chi connectivity index (χ1v) is 7.77. The zero-order chi connectivity index (χ0) is 15.6. The fraction of sp³-hybridized carbons (Fsp3) is 0.643. The van der Waals surface area contributed by atoms with Crippen LogP contribution in [0.25, 0.3) is 0 Å². The van der Waals surface area contributed by atoms with E-state index >= 15 is 0 Å². The van der Waals surface area contributed by atoms with Gasteiger partial charge in [-0.1, -0.05) is 11.3 Å². The minimum absolute atomic E-state index is 0.122. The molecule has 2 heterocycles. The molecule has 7 heteroatoms. The Kier molecular flexibility index (Phi) is 4.95. The quantitative estimate of drug-likeness (QED) is 0.609. The first-order chi connectivity index (χ1) is 9.93. The second-order valence-corrected chi connectivity index (χ2v) is 6.36. The molecule has 1 aromatic rings. The Labute approximate surface area is 128 Å². The fourth-order valence-electron chi connectivity index (χ4n) is 2.55. The topological polar surface area (TPSA) is 62.7 Å². The molecule has 0 N–H and O–H groups in total. The second kappa shape index (κ2) is 6.53. The fourth-order valence-corrected chi connectivity index (χ4v) is 3.47. The van der Waals surface area contributed by atoms with Crippen LogP contribution in [0.5, 0.6) is 0 Å². The maximum absolute atomic E-state index is 11.7. The predicted octanol–water partition coefficient (Wildman–Crippen LogP) is 1.66. The number of ketones is 1. The Hall–Kier alpha value is -1.47. The number of anilines is 1. The summed E-state index contributed by atoms with van der Waals surface area (Å²) in [5.41, 5.74) is 0.122. The first-order valence-electron chi connectivity index (χ1n) is 6.95. The van der Waals surface area contributed by atoms with E-state index in [-0.39, 0.29) is 11.5 Å². The highest BCUT2D eigenvalue weighted by molar-refractivity contribution is 7.17. The van der Waals surface area contributed by atoms with Crippen molar-refractivity contribution >= 4 is 28.2 Å². The third kappa shape index (κ3) is 3.41. The summed E-state index contributed by atoms with van der Waals surface area (Å²) in [6, 6.07) is 0.487. The number of carbonyl (C=O) groups is 2. The van der Waals surface area contributed by atoms with Crippen molar-refractivity contribution in [3.05, 3.63) is 10.6 Å². The van der Waals surface area contributed by atoms with Crippen LogP contribution in [0.2, 0.25) is 0 Å². The van der Waals surface area contributed by atoms with Crippen LogP contribution < -0.4 is 4.90 Å². The van der Waals surface area contributed by atoms with Gasteiger partial charge in [-0.25, -0.2) is 9.78 Å². The van der Waals surface area contributed by atoms with Crippen molar-refractivity contribution < 1.29 is 14.3 Å². The number of hydrogen-bond donors (Lipinski definition) is 0. The summed E-state index contributed by atoms with van der Waals surface area (Å²) >= 11 is 1.25. The van der Waals surface area contributed by atoms with Crippen LogP contribution in [0.4, 0.5) is 5.13 Å². The molecule has 0 bridgehead atoms. The normalized spacial score (nSPS) is 18.8. The zero-order valence-electron chi connectivity index (χ0n) is 12.9. The lowest BCUT2D eigenvalue weighted by Crippen LogP contribution is -2.36. The summed E-state index contributed by atoms with van der Waals surface area (Å²) in [6.07, 6.45) is 2.37. The van der Waals surface area contributed by atoms with Gasteiger partial charge in [0.1, 0.15) is 4.88 Å². The van der Waals surface area contributed by atoms with Crippen molar-refractivity contribution in [1.82, 2.24) is 9.88 Å².